The first-order valence-electron chi connectivity index (χ1n) is 7.18. The van der Waals surface area contributed by atoms with Crippen LogP contribution in [-0.2, 0) is 6.54 Å². The Bertz CT molecular complexity index is 606. The molecule has 1 aromatic carbocycles. The summed E-state index contributed by atoms with van der Waals surface area (Å²) in [6, 6.07) is 5.39. The zero-order valence-corrected chi connectivity index (χ0v) is 13.4. The van der Waals surface area contributed by atoms with E-state index >= 15 is 0 Å². The van der Waals surface area contributed by atoms with Crippen molar-refractivity contribution in [3.05, 3.63) is 40.7 Å². The third-order valence-corrected chi connectivity index (χ3v) is 3.72. The van der Waals surface area contributed by atoms with Crippen LogP contribution in [0.1, 0.15) is 28.6 Å². The Hall–Kier alpha value is -2.05. The van der Waals surface area contributed by atoms with Gasteiger partial charge in [0, 0.05) is 29.9 Å². The number of nitrogens with one attached hydrogen (secondary N) is 2. The van der Waals surface area contributed by atoms with E-state index in [-0.39, 0.29) is 0 Å². The van der Waals surface area contributed by atoms with Gasteiger partial charge in [0.2, 0.25) is 0 Å². The van der Waals surface area contributed by atoms with Crippen molar-refractivity contribution >= 4 is 0 Å². The van der Waals surface area contributed by atoms with E-state index in [2.05, 4.69) is 15.5 Å². The SMILES string of the molecule is COc1ccc(OC)c([C@@H](O)CNCc2c(C)n[nH]c2C)c1. The number of aromatic amines is 1. The summed E-state index contributed by atoms with van der Waals surface area (Å²) in [5, 5.41) is 20.8. The number of aliphatic hydroxyl groups excluding tert-OH is 1. The molecule has 1 heterocycles. The summed E-state index contributed by atoms with van der Waals surface area (Å²) in [7, 11) is 3.18. The molecule has 0 saturated heterocycles. The normalized spacial score (nSPS) is 12.2. The van der Waals surface area contributed by atoms with Crippen molar-refractivity contribution in [2.45, 2.75) is 26.5 Å². The summed E-state index contributed by atoms with van der Waals surface area (Å²) in [6.45, 7) is 5.01. The van der Waals surface area contributed by atoms with E-state index in [0.29, 0.717) is 30.2 Å². The minimum Gasteiger partial charge on any atom is -0.497 e. The van der Waals surface area contributed by atoms with Crippen molar-refractivity contribution in [2.75, 3.05) is 20.8 Å². The first-order valence-corrected chi connectivity index (χ1v) is 7.18. The third kappa shape index (κ3) is 3.58. The van der Waals surface area contributed by atoms with Gasteiger partial charge in [-0.25, -0.2) is 0 Å². The first-order chi connectivity index (χ1) is 10.6. The predicted molar refractivity (Wildman–Crippen MR) is 84.3 cm³/mol. The van der Waals surface area contributed by atoms with Gasteiger partial charge in [0.25, 0.3) is 0 Å². The summed E-state index contributed by atoms with van der Waals surface area (Å²) >= 11 is 0. The van der Waals surface area contributed by atoms with E-state index in [0.717, 1.165) is 17.0 Å². The minimum atomic E-state index is -0.683. The molecule has 0 fully saturated rings. The highest BCUT2D eigenvalue weighted by atomic mass is 16.5. The number of aryl methyl sites for hydroxylation is 2. The van der Waals surface area contributed by atoms with Gasteiger partial charge in [-0.2, -0.15) is 5.10 Å². The summed E-state index contributed by atoms with van der Waals surface area (Å²) in [5.74, 6) is 1.34. The third-order valence-electron chi connectivity index (χ3n) is 3.72. The lowest BCUT2D eigenvalue weighted by Crippen LogP contribution is -2.22. The van der Waals surface area contributed by atoms with Crippen molar-refractivity contribution in [3.63, 3.8) is 0 Å². The largest absolute Gasteiger partial charge is 0.497 e. The Morgan fingerprint density at radius 3 is 2.64 bits per heavy atom. The monoisotopic (exact) mass is 305 g/mol. The van der Waals surface area contributed by atoms with E-state index in [9.17, 15) is 5.11 Å². The number of aromatic nitrogens is 2. The molecule has 6 nitrogen and oxygen atoms in total. The van der Waals surface area contributed by atoms with Gasteiger partial charge in [0.15, 0.2) is 0 Å². The lowest BCUT2D eigenvalue weighted by atomic mass is 10.1. The van der Waals surface area contributed by atoms with E-state index in [1.54, 1.807) is 32.4 Å². The Morgan fingerprint density at radius 2 is 2.05 bits per heavy atom. The van der Waals surface area contributed by atoms with Crippen LogP contribution < -0.4 is 14.8 Å². The molecule has 2 rings (SSSR count). The molecular formula is C16H23N3O3. The van der Waals surface area contributed by atoms with Gasteiger partial charge in [-0.05, 0) is 32.0 Å². The maximum atomic E-state index is 10.4. The smallest absolute Gasteiger partial charge is 0.124 e. The quantitative estimate of drug-likeness (QED) is 0.728. The number of rotatable bonds is 7. The Balaban J connectivity index is 2.01. The zero-order valence-electron chi connectivity index (χ0n) is 13.4. The average molecular weight is 305 g/mol. The second-order valence-electron chi connectivity index (χ2n) is 5.17. The molecule has 0 amide bonds. The van der Waals surface area contributed by atoms with Gasteiger partial charge in [0.05, 0.1) is 26.0 Å². The number of aliphatic hydroxyl groups is 1. The molecule has 3 N–H and O–H groups in total. The lowest BCUT2D eigenvalue weighted by Gasteiger charge is -2.16. The summed E-state index contributed by atoms with van der Waals surface area (Å²) < 4.78 is 10.5. The topological polar surface area (TPSA) is 79.4 Å². The minimum absolute atomic E-state index is 0.410. The molecule has 0 aliphatic rings. The maximum Gasteiger partial charge on any atom is 0.124 e. The number of ether oxygens (including phenoxy) is 2. The standard InChI is InChI=1S/C16H23N3O3/c1-10-14(11(2)19-18-10)8-17-9-15(20)13-7-12(21-3)5-6-16(13)22-4/h5-7,15,17,20H,8-9H2,1-4H3,(H,18,19)/t15-/m0/s1. The van der Waals surface area contributed by atoms with Crippen molar-refractivity contribution in [1.82, 2.24) is 15.5 Å². The molecule has 0 spiro atoms. The molecule has 0 unspecified atom stereocenters. The van der Waals surface area contributed by atoms with Crippen molar-refractivity contribution in [3.8, 4) is 11.5 Å². The molecule has 6 heteroatoms. The van der Waals surface area contributed by atoms with Gasteiger partial charge in [-0.3, -0.25) is 5.10 Å². The van der Waals surface area contributed by atoms with Crippen LogP contribution in [0.25, 0.3) is 0 Å². The number of hydrogen-bond donors (Lipinski definition) is 3. The second kappa shape index (κ2) is 7.29. The molecule has 1 atom stereocenters. The van der Waals surface area contributed by atoms with Crippen LogP contribution in [0.5, 0.6) is 11.5 Å². The second-order valence-corrected chi connectivity index (χ2v) is 5.17. The molecule has 0 aliphatic heterocycles. The Labute approximate surface area is 130 Å². The van der Waals surface area contributed by atoms with E-state index in [1.807, 2.05) is 13.8 Å². The number of hydrogen-bond acceptors (Lipinski definition) is 5. The number of benzene rings is 1. The maximum absolute atomic E-state index is 10.4. The van der Waals surface area contributed by atoms with Gasteiger partial charge in [-0.15, -0.1) is 0 Å². The Morgan fingerprint density at radius 1 is 1.27 bits per heavy atom. The van der Waals surface area contributed by atoms with Crippen LogP contribution in [0.3, 0.4) is 0 Å². The Kier molecular flexibility index (Phi) is 5.41. The molecule has 22 heavy (non-hydrogen) atoms. The molecule has 120 valence electrons. The van der Waals surface area contributed by atoms with Crippen LogP contribution in [0.4, 0.5) is 0 Å². The highest BCUT2D eigenvalue weighted by Crippen LogP contribution is 2.29. The van der Waals surface area contributed by atoms with E-state index in [1.165, 1.54) is 0 Å². The van der Waals surface area contributed by atoms with Gasteiger partial charge in [0.1, 0.15) is 11.5 Å². The van der Waals surface area contributed by atoms with Crippen LogP contribution in [0.2, 0.25) is 0 Å². The van der Waals surface area contributed by atoms with Gasteiger partial charge >= 0.3 is 0 Å². The number of methoxy groups -OCH3 is 2. The summed E-state index contributed by atoms with van der Waals surface area (Å²) in [5.41, 5.74) is 3.84. The fourth-order valence-corrected chi connectivity index (χ4v) is 2.38. The van der Waals surface area contributed by atoms with E-state index in [4.69, 9.17) is 9.47 Å². The van der Waals surface area contributed by atoms with Gasteiger partial charge < -0.3 is 19.9 Å². The fraction of sp³-hybridized carbons (Fsp3) is 0.438. The number of H-pyrrole nitrogens is 1. The molecule has 2 aromatic rings. The highest BCUT2D eigenvalue weighted by molar-refractivity contribution is 5.41. The predicted octanol–water partition coefficient (Wildman–Crippen LogP) is 1.87. The molecule has 0 saturated carbocycles. The zero-order chi connectivity index (χ0) is 16.1. The number of nitrogens with zero attached hydrogens (tertiary/aromatic N) is 1. The van der Waals surface area contributed by atoms with Crippen molar-refractivity contribution in [2.24, 2.45) is 0 Å². The molecule has 0 bridgehead atoms. The average Bonchev–Trinajstić information content (AvgIpc) is 2.85. The first kappa shape index (κ1) is 16.3. The summed E-state index contributed by atoms with van der Waals surface area (Å²) in [4.78, 5) is 0. The van der Waals surface area contributed by atoms with Gasteiger partial charge in [-0.1, -0.05) is 0 Å². The van der Waals surface area contributed by atoms with Crippen molar-refractivity contribution in [1.29, 1.82) is 0 Å². The fourth-order valence-electron chi connectivity index (χ4n) is 2.38. The molecular weight excluding hydrogens is 282 g/mol. The lowest BCUT2D eigenvalue weighted by molar-refractivity contribution is 0.169. The molecule has 0 radical (unpaired) electrons. The van der Waals surface area contributed by atoms with Crippen molar-refractivity contribution < 1.29 is 14.6 Å². The van der Waals surface area contributed by atoms with Crippen LogP contribution in [-0.4, -0.2) is 36.1 Å². The highest BCUT2D eigenvalue weighted by Gasteiger charge is 2.15. The molecule has 1 aromatic heterocycles. The van der Waals surface area contributed by atoms with Crippen LogP contribution in [0.15, 0.2) is 18.2 Å². The molecule has 0 aliphatic carbocycles. The van der Waals surface area contributed by atoms with Crippen LogP contribution >= 0.6 is 0 Å². The van der Waals surface area contributed by atoms with E-state index < -0.39 is 6.10 Å². The summed E-state index contributed by atoms with van der Waals surface area (Å²) in [6.07, 6.45) is -0.683. The van der Waals surface area contributed by atoms with Crippen LogP contribution in [0, 0.1) is 13.8 Å².